The second-order valence-electron chi connectivity index (χ2n) is 4.02. The molecular formula is C13H20FNS. The Labute approximate surface area is 102 Å². The van der Waals surface area contributed by atoms with E-state index >= 15 is 0 Å². The summed E-state index contributed by atoms with van der Waals surface area (Å²) in [5.41, 5.74) is 1.72. The maximum absolute atomic E-state index is 13.3. The summed E-state index contributed by atoms with van der Waals surface area (Å²) in [6.45, 7) is 4.70. The molecule has 1 aromatic rings. The van der Waals surface area contributed by atoms with Gasteiger partial charge in [0.15, 0.2) is 0 Å². The lowest BCUT2D eigenvalue weighted by Gasteiger charge is -2.15. The van der Waals surface area contributed by atoms with Crippen molar-refractivity contribution in [3.8, 4) is 0 Å². The molecule has 0 fully saturated rings. The smallest absolute Gasteiger partial charge is 0.126 e. The Kier molecular flexibility index (Phi) is 5.85. The molecule has 0 spiro atoms. The molecule has 0 aliphatic rings. The first-order chi connectivity index (χ1) is 7.67. The second-order valence-corrected chi connectivity index (χ2v) is 4.94. The highest BCUT2D eigenvalue weighted by atomic mass is 32.2. The number of benzene rings is 1. The van der Waals surface area contributed by atoms with Gasteiger partial charge in [-0.2, -0.15) is 11.8 Å². The van der Waals surface area contributed by atoms with Crippen molar-refractivity contribution in [3.05, 3.63) is 35.1 Å². The third-order valence-corrected chi connectivity index (χ3v) is 3.43. The number of nitrogens with one attached hydrogen (secondary N) is 1. The van der Waals surface area contributed by atoms with Gasteiger partial charge in [-0.25, -0.2) is 4.39 Å². The summed E-state index contributed by atoms with van der Waals surface area (Å²) in [6, 6.07) is 5.95. The van der Waals surface area contributed by atoms with E-state index in [4.69, 9.17) is 0 Å². The Morgan fingerprint density at radius 3 is 2.75 bits per heavy atom. The molecule has 0 heterocycles. The van der Waals surface area contributed by atoms with Gasteiger partial charge in [0.1, 0.15) is 5.82 Å². The number of rotatable bonds is 6. The van der Waals surface area contributed by atoms with Crippen LogP contribution in [-0.2, 0) is 6.54 Å². The molecule has 90 valence electrons. The second kappa shape index (κ2) is 6.92. The van der Waals surface area contributed by atoms with Crippen LogP contribution in [0.3, 0.4) is 0 Å². The van der Waals surface area contributed by atoms with Gasteiger partial charge in [-0.3, -0.25) is 0 Å². The lowest BCUT2D eigenvalue weighted by Crippen LogP contribution is -2.30. The number of hydrogen-bond acceptors (Lipinski definition) is 2. The Morgan fingerprint density at radius 1 is 1.44 bits per heavy atom. The fourth-order valence-electron chi connectivity index (χ4n) is 1.53. The van der Waals surface area contributed by atoms with Crippen LogP contribution in [0.25, 0.3) is 0 Å². The van der Waals surface area contributed by atoms with Gasteiger partial charge in [-0.1, -0.05) is 19.1 Å². The van der Waals surface area contributed by atoms with Crippen LogP contribution in [0.2, 0.25) is 0 Å². The minimum Gasteiger partial charge on any atom is -0.309 e. The van der Waals surface area contributed by atoms with E-state index in [0.717, 1.165) is 24.3 Å². The average Bonchev–Trinajstić information content (AvgIpc) is 2.28. The molecule has 0 bridgehead atoms. The molecule has 1 atom stereocenters. The standard InChI is InChI=1S/C13H20FNS/c1-4-12(9-16-3)15-8-11-6-5-10(2)13(14)7-11/h5-7,12,15H,4,8-9H2,1-3H3. The molecule has 1 unspecified atom stereocenters. The van der Waals surface area contributed by atoms with E-state index in [-0.39, 0.29) is 5.82 Å². The molecular weight excluding hydrogens is 221 g/mol. The van der Waals surface area contributed by atoms with Crippen molar-refractivity contribution < 1.29 is 4.39 Å². The topological polar surface area (TPSA) is 12.0 Å². The number of halogens is 1. The zero-order valence-electron chi connectivity index (χ0n) is 10.2. The fraction of sp³-hybridized carbons (Fsp3) is 0.538. The van der Waals surface area contributed by atoms with Crippen LogP contribution >= 0.6 is 11.8 Å². The lowest BCUT2D eigenvalue weighted by molar-refractivity contribution is 0.538. The summed E-state index contributed by atoms with van der Waals surface area (Å²) in [7, 11) is 0. The van der Waals surface area contributed by atoms with Crippen molar-refractivity contribution in [2.24, 2.45) is 0 Å². The normalized spacial score (nSPS) is 12.8. The predicted molar refractivity (Wildman–Crippen MR) is 70.4 cm³/mol. The van der Waals surface area contributed by atoms with Gasteiger partial charge in [0.2, 0.25) is 0 Å². The molecule has 0 aliphatic carbocycles. The Hall–Kier alpha value is -0.540. The van der Waals surface area contributed by atoms with Gasteiger partial charge in [0.05, 0.1) is 0 Å². The monoisotopic (exact) mass is 241 g/mol. The van der Waals surface area contributed by atoms with Crippen LogP contribution in [0.4, 0.5) is 4.39 Å². The van der Waals surface area contributed by atoms with Gasteiger partial charge in [0, 0.05) is 18.3 Å². The van der Waals surface area contributed by atoms with Crippen LogP contribution in [0.1, 0.15) is 24.5 Å². The first-order valence-corrected chi connectivity index (χ1v) is 7.04. The van der Waals surface area contributed by atoms with Crippen LogP contribution in [0.15, 0.2) is 18.2 Å². The summed E-state index contributed by atoms with van der Waals surface area (Å²) in [4.78, 5) is 0. The van der Waals surface area contributed by atoms with E-state index < -0.39 is 0 Å². The molecule has 1 aromatic carbocycles. The van der Waals surface area contributed by atoms with Gasteiger partial charge in [0.25, 0.3) is 0 Å². The average molecular weight is 241 g/mol. The van der Waals surface area contributed by atoms with E-state index in [9.17, 15) is 4.39 Å². The van der Waals surface area contributed by atoms with Crippen molar-refractivity contribution in [2.75, 3.05) is 12.0 Å². The summed E-state index contributed by atoms with van der Waals surface area (Å²) >= 11 is 1.84. The maximum atomic E-state index is 13.3. The van der Waals surface area contributed by atoms with E-state index in [2.05, 4.69) is 18.5 Å². The minimum atomic E-state index is -0.114. The summed E-state index contributed by atoms with van der Waals surface area (Å²) in [5, 5.41) is 3.45. The third-order valence-electron chi connectivity index (χ3n) is 2.69. The van der Waals surface area contributed by atoms with Crippen molar-refractivity contribution in [2.45, 2.75) is 32.9 Å². The van der Waals surface area contributed by atoms with E-state index in [1.807, 2.05) is 23.9 Å². The molecule has 0 aliphatic heterocycles. The van der Waals surface area contributed by atoms with Crippen molar-refractivity contribution in [1.82, 2.24) is 5.32 Å². The first kappa shape index (κ1) is 13.5. The Balaban J connectivity index is 2.50. The molecule has 1 rings (SSSR count). The van der Waals surface area contributed by atoms with E-state index in [0.29, 0.717) is 11.6 Å². The quantitative estimate of drug-likeness (QED) is 0.819. The molecule has 0 amide bonds. The lowest BCUT2D eigenvalue weighted by atomic mass is 10.1. The Morgan fingerprint density at radius 2 is 2.19 bits per heavy atom. The van der Waals surface area contributed by atoms with Crippen LogP contribution in [0, 0.1) is 12.7 Å². The van der Waals surface area contributed by atoms with Crippen LogP contribution in [0.5, 0.6) is 0 Å². The number of thioether (sulfide) groups is 1. The summed E-state index contributed by atoms with van der Waals surface area (Å²) in [6.07, 6.45) is 3.21. The van der Waals surface area contributed by atoms with Crippen molar-refractivity contribution in [1.29, 1.82) is 0 Å². The van der Waals surface area contributed by atoms with Crippen LogP contribution < -0.4 is 5.32 Å². The number of aryl methyl sites for hydroxylation is 1. The van der Waals surface area contributed by atoms with Gasteiger partial charge >= 0.3 is 0 Å². The molecule has 0 saturated carbocycles. The SMILES string of the molecule is CCC(CSC)NCc1ccc(C)c(F)c1. The molecule has 0 radical (unpaired) electrons. The predicted octanol–water partition coefficient (Wildman–Crippen LogP) is 3.37. The molecule has 3 heteroatoms. The molecule has 1 nitrogen and oxygen atoms in total. The third kappa shape index (κ3) is 4.14. The zero-order valence-corrected chi connectivity index (χ0v) is 11.0. The van der Waals surface area contributed by atoms with Crippen molar-refractivity contribution in [3.63, 3.8) is 0 Å². The summed E-state index contributed by atoms with van der Waals surface area (Å²) < 4.78 is 13.3. The van der Waals surface area contributed by atoms with E-state index in [1.54, 1.807) is 13.0 Å². The zero-order chi connectivity index (χ0) is 12.0. The first-order valence-electron chi connectivity index (χ1n) is 5.64. The number of hydrogen-bond donors (Lipinski definition) is 1. The van der Waals surface area contributed by atoms with Gasteiger partial charge in [-0.15, -0.1) is 0 Å². The van der Waals surface area contributed by atoms with Crippen LogP contribution in [-0.4, -0.2) is 18.1 Å². The molecule has 1 N–H and O–H groups in total. The molecule has 0 saturated heterocycles. The largest absolute Gasteiger partial charge is 0.309 e. The summed E-state index contributed by atoms with van der Waals surface area (Å²) in [5.74, 6) is 0.988. The van der Waals surface area contributed by atoms with Gasteiger partial charge < -0.3 is 5.32 Å². The highest BCUT2D eigenvalue weighted by Gasteiger charge is 2.05. The van der Waals surface area contributed by atoms with Gasteiger partial charge in [-0.05, 0) is 36.8 Å². The highest BCUT2D eigenvalue weighted by molar-refractivity contribution is 7.98. The van der Waals surface area contributed by atoms with E-state index in [1.165, 1.54) is 0 Å². The molecule has 0 aromatic heterocycles. The highest BCUT2D eigenvalue weighted by Crippen LogP contribution is 2.10. The fourth-order valence-corrected chi connectivity index (χ4v) is 2.29. The minimum absolute atomic E-state index is 0.114. The maximum Gasteiger partial charge on any atom is 0.126 e. The Bertz CT molecular complexity index is 328. The van der Waals surface area contributed by atoms with Crippen molar-refractivity contribution >= 4 is 11.8 Å². The molecule has 16 heavy (non-hydrogen) atoms.